The Morgan fingerprint density at radius 2 is 1.93 bits per heavy atom. The third-order valence-corrected chi connectivity index (χ3v) is 13.1. The van der Waals surface area contributed by atoms with Crippen molar-refractivity contribution < 1.29 is 22.0 Å². The molecular formula is C39H37ClF2N8O4S2. The Morgan fingerprint density at radius 3 is 2.62 bits per heavy atom. The number of pyridine rings is 2. The van der Waals surface area contributed by atoms with Gasteiger partial charge in [0.05, 0.1) is 45.2 Å². The van der Waals surface area contributed by atoms with Crippen LogP contribution in [0.4, 0.5) is 14.6 Å². The molecule has 5 aromatic rings. The second-order valence-electron chi connectivity index (χ2n) is 14.1. The van der Waals surface area contributed by atoms with E-state index in [1.165, 1.54) is 28.3 Å². The summed E-state index contributed by atoms with van der Waals surface area (Å²) in [6.45, 7) is 4.66. The highest BCUT2D eigenvalue weighted by Gasteiger charge is 2.48. The number of sulfonamides is 1. The summed E-state index contributed by atoms with van der Waals surface area (Å²) in [6.07, 6.45) is 4.58. The maximum absolute atomic E-state index is 14.1. The number of nitrogens with zero attached hydrogens (tertiary/aromatic N) is 7. The Hall–Kier alpha value is -5.00. The van der Waals surface area contributed by atoms with Crippen molar-refractivity contribution in [3.05, 3.63) is 79.9 Å². The first kappa shape index (κ1) is 39.2. The van der Waals surface area contributed by atoms with Crippen LogP contribution < -0.4 is 15.2 Å². The predicted octanol–water partition coefficient (Wildman–Crippen LogP) is 6.12. The first-order valence-electron chi connectivity index (χ1n) is 18.0. The lowest BCUT2D eigenvalue weighted by Crippen LogP contribution is -2.55. The maximum atomic E-state index is 14.1. The van der Waals surface area contributed by atoms with Crippen molar-refractivity contribution in [2.24, 2.45) is 0 Å². The van der Waals surface area contributed by atoms with Gasteiger partial charge in [-0.05, 0) is 50.5 Å². The Bertz CT molecular complexity index is 2650. The predicted molar refractivity (Wildman–Crippen MR) is 213 cm³/mol. The summed E-state index contributed by atoms with van der Waals surface area (Å²) in [5, 5.41) is 12.5. The number of hydrogen-bond donors (Lipinski definition) is 1. The van der Waals surface area contributed by atoms with E-state index in [1.54, 1.807) is 43.5 Å². The van der Waals surface area contributed by atoms with Crippen molar-refractivity contribution in [2.45, 2.75) is 70.5 Å². The van der Waals surface area contributed by atoms with Crippen molar-refractivity contribution in [2.75, 3.05) is 30.8 Å². The van der Waals surface area contributed by atoms with E-state index in [4.69, 9.17) is 11.6 Å². The fourth-order valence-electron chi connectivity index (χ4n) is 7.45. The second-order valence-corrected chi connectivity index (χ2v) is 17.3. The quantitative estimate of drug-likeness (QED) is 0.172. The van der Waals surface area contributed by atoms with E-state index in [-0.39, 0.29) is 53.7 Å². The lowest BCUT2D eigenvalue weighted by Gasteiger charge is -2.46. The fourth-order valence-corrected chi connectivity index (χ4v) is 9.69. The minimum atomic E-state index is -3.80. The van der Waals surface area contributed by atoms with Gasteiger partial charge in [0.25, 0.3) is 17.4 Å². The normalized spacial score (nSPS) is 16.2. The fraction of sp³-hybridized carbons (Fsp3) is 0.385. The molecule has 0 atom stereocenters. The zero-order valence-corrected chi connectivity index (χ0v) is 33.2. The standard InChI is InChI=1S/C39H37ClF2N8O4S2/c1-4-16-56(53,54)47-37(51)31-22-55-35-28(9-12-44-34(31)35)29-17-25(40)8-7-24(29)6-5-13-50-23(2)46-32-21-45-36(30(20-43)33(32)38(50)52)48(3)26-10-14-49(15-11-26)27-18-39(41,42)19-27/h7-9,12,17,21-22,26-27H,4,10-11,13-16,18-19H2,1-3H3,(H,47,51). The molecule has 5 heterocycles. The summed E-state index contributed by atoms with van der Waals surface area (Å²) in [6, 6.07) is 9.03. The van der Waals surface area contributed by atoms with Gasteiger partial charge in [-0.1, -0.05) is 30.4 Å². The molecule has 17 heteroatoms. The van der Waals surface area contributed by atoms with Crippen LogP contribution in [0, 0.1) is 30.1 Å². The lowest BCUT2D eigenvalue weighted by molar-refractivity contribution is -0.127. The van der Waals surface area contributed by atoms with Crippen LogP contribution in [0.3, 0.4) is 0 Å². The van der Waals surface area contributed by atoms with Gasteiger partial charge in [-0.2, -0.15) is 5.26 Å². The van der Waals surface area contributed by atoms with Gasteiger partial charge >= 0.3 is 0 Å². The van der Waals surface area contributed by atoms with Crippen LogP contribution in [0.25, 0.3) is 32.2 Å². The smallest absolute Gasteiger partial charge is 0.267 e. The first-order chi connectivity index (χ1) is 26.7. The number of carbonyl (C=O) groups is 1. The van der Waals surface area contributed by atoms with Crippen LogP contribution in [0.5, 0.6) is 0 Å². The van der Waals surface area contributed by atoms with Gasteiger partial charge in [0.2, 0.25) is 10.0 Å². The number of thiophene rings is 1. The molecule has 0 spiro atoms. The number of aryl methyl sites for hydroxylation is 1. The van der Waals surface area contributed by atoms with E-state index in [2.05, 4.69) is 42.5 Å². The zero-order valence-electron chi connectivity index (χ0n) is 30.8. The number of aromatic nitrogens is 4. The van der Waals surface area contributed by atoms with Crippen LogP contribution >= 0.6 is 22.9 Å². The number of carbonyl (C=O) groups excluding carboxylic acids is 1. The first-order valence-corrected chi connectivity index (χ1v) is 21.0. The molecule has 1 saturated heterocycles. The van der Waals surface area contributed by atoms with Crippen molar-refractivity contribution in [1.29, 1.82) is 5.26 Å². The van der Waals surface area contributed by atoms with Gasteiger partial charge in [0, 0.05) is 78.4 Å². The number of hydrogen-bond acceptors (Lipinski definition) is 11. The summed E-state index contributed by atoms with van der Waals surface area (Å²) in [4.78, 5) is 44.6. The largest absolute Gasteiger partial charge is 0.355 e. The SMILES string of the molecule is CCCS(=O)(=O)NC(=O)c1csc2c(-c3cc(Cl)ccc3C#CCn3c(C)nc4cnc(N(C)C5CCN(C6CC(F)(F)C6)CC5)c(C#N)c4c3=O)ccnc12. The molecule has 1 saturated carbocycles. The lowest BCUT2D eigenvalue weighted by atomic mass is 9.85. The number of alkyl halides is 2. The number of amides is 1. The minimum Gasteiger partial charge on any atom is -0.355 e. The van der Waals surface area contributed by atoms with E-state index in [9.17, 15) is 32.0 Å². The Kier molecular flexibility index (Phi) is 10.9. The van der Waals surface area contributed by atoms with E-state index < -0.39 is 27.4 Å². The van der Waals surface area contributed by atoms with Gasteiger partial charge in [-0.15, -0.1) is 11.3 Å². The molecule has 1 amide bonds. The highest BCUT2D eigenvalue weighted by Crippen LogP contribution is 2.42. The number of rotatable bonds is 9. The number of benzene rings is 1. The summed E-state index contributed by atoms with van der Waals surface area (Å²) < 4.78 is 55.7. The van der Waals surface area contributed by atoms with Crippen LogP contribution in [0.15, 0.2) is 46.8 Å². The highest BCUT2D eigenvalue weighted by molar-refractivity contribution is 7.90. The topological polar surface area (TPSA) is 154 Å². The van der Waals surface area contributed by atoms with E-state index in [0.717, 1.165) is 0 Å². The molecule has 2 fully saturated rings. The number of anilines is 1. The number of fused-ring (bicyclic) bond motifs is 2. The number of likely N-dealkylation sites (tertiary alicyclic amines) is 1. The molecule has 1 aliphatic heterocycles. The zero-order chi connectivity index (χ0) is 39.9. The highest BCUT2D eigenvalue weighted by atomic mass is 35.5. The maximum Gasteiger partial charge on any atom is 0.267 e. The molecule has 56 heavy (non-hydrogen) atoms. The van der Waals surface area contributed by atoms with Crippen LogP contribution in [0.1, 0.15) is 66.3 Å². The Labute approximate surface area is 331 Å². The van der Waals surface area contributed by atoms with Gasteiger partial charge in [-0.3, -0.25) is 24.0 Å². The number of nitriles is 1. The van der Waals surface area contributed by atoms with Gasteiger partial charge in [0.15, 0.2) is 0 Å². The van der Waals surface area contributed by atoms with E-state index >= 15 is 0 Å². The van der Waals surface area contributed by atoms with E-state index in [1.807, 2.05) is 11.9 Å². The van der Waals surface area contributed by atoms with Crippen LogP contribution in [0.2, 0.25) is 5.02 Å². The molecule has 1 aromatic carbocycles. The summed E-state index contributed by atoms with van der Waals surface area (Å²) >= 11 is 7.68. The third-order valence-electron chi connectivity index (χ3n) is 10.4. The molecule has 0 radical (unpaired) electrons. The Balaban J connectivity index is 1.16. The molecule has 7 rings (SSSR count). The minimum absolute atomic E-state index is 0.00505. The average Bonchev–Trinajstić information content (AvgIpc) is 3.59. The number of nitrogens with one attached hydrogen (secondary N) is 1. The molecule has 0 bridgehead atoms. The van der Waals surface area contributed by atoms with Crippen molar-refractivity contribution in [3.8, 4) is 29.0 Å². The summed E-state index contributed by atoms with van der Waals surface area (Å²) in [5.74, 6) is 3.46. The molecule has 4 aromatic heterocycles. The number of halogens is 3. The average molecular weight is 819 g/mol. The van der Waals surface area contributed by atoms with E-state index in [0.29, 0.717) is 81.4 Å². The monoisotopic (exact) mass is 818 g/mol. The number of piperidine rings is 1. The van der Waals surface area contributed by atoms with Crippen molar-refractivity contribution in [1.82, 2.24) is 29.1 Å². The molecule has 0 unspecified atom stereocenters. The summed E-state index contributed by atoms with van der Waals surface area (Å²) in [7, 11) is -1.96. The molecule has 2 aliphatic rings. The van der Waals surface area contributed by atoms with Crippen molar-refractivity contribution >= 4 is 65.8 Å². The summed E-state index contributed by atoms with van der Waals surface area (Å²) in [5.41, 5.74) is 2.33. The second kappa shape index (κ2) is 15.5. The Morgan fingerprint density at radius 1 is 1.18 bits per heavy atom. The van der Waals surface area contributed by atoms with Crippen LogP contribution in [-0.2, 0) is 16.6 Å². The molecule has 1 aliphatic carbocycles. The molecule has 290 valence electrons. The van der Waals surface area contributed by atoms with Gasteiger partial charge in [-0.25, -0.2) is 31.9 Å². The van der Waals surface area contributed by atoms with Crippen LogP contribution in [-0.4, -0.2) is 82.6 Å². The van der Waals surface area contributed by atoms with Gasteiger partial charge < -0.3 is 4.90 Å². The van der Waals surface area contributed by atoms with Gasteiger partial charge in [0.1, 0.15) is 23.3 Å². The van der Waals surface area contributed by atoms with Crippen molar-refractivity contribution in [3.63, 3.8) is 0 Å². The third kappa shape index (κ3) is 7.71. The molecule has 12 nitrogen and oxygen atoms in total. The molecule has 1 N–H and O–H groups in total. The molecular weight excluding hydrogens is 782 g/mol.